The fraction of sp³-hybridized carbons (Fsp3) is 0.222. The molecule has 122 valence electrons. The summed E-state index contributed by atoms with van der Waals surface area (Å²) in [6.45, 7) is 9.32. The van der Waals surface area contributed by atoms with Gasteiger partial charge in [0.1, 0.15) is 17.4 Å². The number of carboxylic acids is 1. The van der Waals surface area contributed by atoms with Crippen molar-refractivity contribution in [1.82, 2.24) is 0 Å². The molecule has 0 fully saturated rings. The van der Waals surface area contributed by atoms with Gasteiger partial charge < -0.3 is 15.5 Å². The number of allylic oxidation sites excluding steroid dienone is 3. The highest BCUT2D eigenvalue weighted by molar-refractivity contribution is 5.94. The summed E-state index contributed by atoms with van der Waals surface area (Å²) in [5.41, 5.74) is 1.84. The van der Waals surface area contributed by atoms with Gasteiger partial charge in [-0.3, -0.25) is 0 Å². The standard InChI is InChI=1S/C16H16N2O3.C2H6/c1-4-15(19)13(16(20)21)7-10(2)11-5-6-14(18-3)12(8-11)9-17;1-2/h4-8,18-19H,2H2,1,3H3,(H,20,21);1-2H3/b13-7+,15-4+;. The van der Waals surface area contributed by atoms with Crippen molar-refractivity contribution < 1.29 is 15.0 Å². The number of aliphatic hydroxyl groups is 1. The molecule has 0 aliphatic carbocycles. The Morgan fingerprint density at radius 1 is 1.35 bits per heavy atom. The highest BCUT2D eigenvalue weighted by atomic mass is 16.4. The van der Waals surface area contributed by atoms with E-state index >= 15 is 0 Å². The van der Waals surface area contributed by atoms with Gasteiger partial charge in [-0.15, -0.1) is 0 Å². The number of nitriles is 1. The molecule has 0 spiro atoms. The first kappa shape index (κ1) is 20.0. The first-order valence-corrected chi connectivity index (χ1v) is 7.16. The fourth-order valence-electron chi connectivity index (χ4n) is 1.71. The molecule has 0 bridgehead atoms. The molecule has 0 radical (unpaired) electrons. The van der Waals surface area contributed by atoms with Crippen LogP contribution in [0.5, 0.6) is 0 Å². The van der Waals surface area contributed by atoms with Crippen molar-refractivity contribution in [2.45, 2.75) is 20.8 Å². The van der Waals surface area contributed by atoms with Gasteiger partial charge in [-0.2, -0.15) is 5.26 Å². The van der Waals surface area contributed by atoms with Crippen LogP contribution in [0.4, 0.5) is 5.69 Å². The van der Waals surface area contributed by atoms with Gasteiger partial charge in [-0.25, -0.2) is 4.79 Å². The summed E-state index contributed by atoms with van der Waals surface area (Å²) < 4.78 is 0. The van der Waals surface area contributed by atoms with E-state index in [-0.39, 0.29) is 11.3 Å². The van der Waals surface area contributed by atoms with Gasteiger partial charge in [0.25, 0.3) is 0 Å². The van der Waals surface area contributed by atoms with E-state index in [0.717, 1.165) is 0 Å². The van der Waals surface area contributed by atoms with Crippen LogP contribution < -0.4 is 5.32 Å². The molecule has 0 aromatic heterocycles. The van der Waals surface area contributed by atoms with Crippen molar-refractivity contribution >= 4 is 17.2 Å². The minimum Gasteiger partial charge on any atom is -0.507 e. The summed E-state index contributed by atoms with van der Waals surface area (Å²) in [5.74, 6) is -1.59. The highest BCUT2D eigenvalue weighted by Crippen LogP contribution is 2.23. The maximum absolute atomic E-state index is 11.1. The van der Waals surface area contributed by atoms with Gasteiger partial charge in [0.05, 0.1) is 11.3 Å². The number of hydrogen-bond donors (Lipinski definition) is 3. The van der Waals surface area contributed by atoms with Gasteiger partial charge >= 0.3 is 5.97 Å². The second-order valence-corrected chi connectivity index (χ2v) is 4.18. The average Bonchev–Trinajstić information content (AvgIpc) is 2.59. The van der Waals surface area contributed by atoms with Crippen molar-refractivity contribution in [2.75, 3.05) is 12.4 Å². The molecule has 1 aromatic rings. The number of benzene rings is 1. The van der Waals surface area contributed by atoms with Crippen LogP contribution in [0.1, 0.15) is 31.9 Å². The molecule has 5 heteroatoms. The second kappa shape index (κ2) is 9.85. The van der Waals surface area contributed by atoms with Crippen LogP contribution in [0.3, 0.4) is 0 Å². The molecule has 0 aliphatic rings. The van der Waals surface area contributed by atoms with Crippen molar-refractivity contribution in [1.29, 1.82) is 5.26 Å². The summed E-state index contributed by atoms with van der Waals surface area (Å²) >= 11 is 0. The van der Waals surface area contributed by atoms with Gasteiger partial charge in [0.2, 0.25) is 0 Å². The Morgan fingerprint density at radius 3 is 2.39 bits per heavy atom. The molecule has 0 heterocycles. The molecular formula is C18H22N2O3. The number of aliphatic carboxylic acids is 1. The van der Waals surface area contributed by atoms with E-state index in [2.05, 4.69) is 18.0 Å². The molecule has 0 aliphatic heterocycles. The maximum atomic E-state index is 11.1. The third kappa shape index (κ3) is 5.36. The second-order valence-electron chi connectivity index (χ2n) is 4.18. The SMILES string of the molecule is C=C(/C=C(C(=O)O)\C(O)=C/C)c1ccc(NC)c(C#N)c1.CC. The topological polar surface area (TPSA) is 93.3 Å². The molecule has 1 rings (SSSR count). The zero-order valence-corrected chi connectivity index (χ0v) is 13.8. The zero-order chi connectivity index (χ0) is 18.0. The third-order valence-electron chi connectivity index (χ3n) is 2.88. The van der Waals surface area contributed by atoms with Crippen LogP contribution in [0, 0.1) is 11.3 Å². The molecular weight excluding hydrogens is 292 g/mol. The number of carboxylic acid groups (broad SMARTS) is 1. The molecule has 23 heavy (non-hydrogen) atoms. The summed E-state index contributed by atoms with van der Waals surface area (Å²) in [6.07, 6.45) is 2.56. The number of carbonyl (C=O) groups is 1. The minimum atomic E-state index is -1.25. The van der Waals surface area contributed by atoms with Crippen molar-refractivity contribution in [3.8, 4) is 6.07 Å². The Hall–Kier alpha value is -3.00. The molecule has 0 saturated carbocycles. The Kier molecular flexibility index (Phi) is 8.56. The van der Waals surface area contributed by atoms with Gasteiger partial charge in [-0.1, -0.05) is 26.5 Å². The van der Waals surface area contributed by atoms with E-state index in [1.165, 1.54) is 19.1 Å². The zero-order valence-electron chi connectivity index (χ0n) is 13.8. The summed E-state index contributed by atoms with van der Waals surface area (Å²) in [6, 6.07) is 7.09. The average molecular weight is 314 g/mol. The maximum Gasteiger partial charge on any atom is 0.339 e. The van der Waals surface area contributed by atoms with Crippen LogP contribution >= 0.6 is 0 Å². The van der Waals surface area contributed by atoms with Crippen LogP contribution in [0.25, 0.3) is 5.57 Å². The van der Waals surface area contributed by atoms with Crippen LogP contribution in [-0.2, 0) is 4.79 Å². The number of nitrogens with zero attached hydrogens (tertiary/aromatic N) is 1. The Morgan fingerprint density at radius 2 is 1.96 bits per heavy atom. The van der Waals surface area contributed by atoms with Gasteiger partial charge in [0.15, 0.2) is 0 Å². The molecule has 0 atom stereocenters. The molecule has 3 N–H and O–H groups in total. The largest absolute Gasteiger partial charge is 0.507 e. The predicted octanol–water partition coefficient (Wildman–Crippen LogP) is 4.11. The lowest BCUT2D eigenvalue weighted by Gasteiger charge is -2.08. The van der Waals surface area contributed by atoms with Gasteiger partial charge in [-0.05, 0) is 42.3 Å². The first-order valence-electron chi connectivity index (χ1n) is 7.16. The monoisotopic (exact) mass is 314 g/mol. The predicted molar refractivity (Wildman–Crippen MR) is 93.2 cm³/mol. The van der Waals surface area contributed by atoms with Crippen LogP contribution in [0.15, 0.2) is 48.3 Å². The third-order valence-corrected chi connectivity index (χ3v) is 2.88. The quantitative estimate of drug-likeness (QED) is 0.432. The van der Waals surface area contributed by atoms with E-state index < -0.39 is 5.97 Å². The summed E-state index contributed by atoms with van der Waals surface area (Å²) in [4.78, 5) is 11.1. The number of nitrogens with one attached hydrogen (secondary N) is 1. The molecule has 0 unspecified atom stereocenters. The summed E-state index contributed by atoms with van der Waals surface area (Å²) in [5, 5.41) is 30.6. The van der Waals surface area contributed by atoms with E-state index in [0.29, 0.717) is 22.4 Å². The van der Waals surface area contributed by atoms with E-state index in [4.69, 9.17) is 10.4 Å². The van der Waals surface area contributed by atoms with E-state index in [1.54, 1.807) is 25.2 Å². The van der Waals surface area contributed by atoms with E-state index in [9.17, 15) is 9.90 Å². The van der Waals surface area contributed by atoms with Crippen molar-refractivity contribution in [3.05, 3.63) is 59.4 Å². The molecule has 5 nitrogen and oxygen atoms in total. The van der Waals surface area contributed by atoms with Gasteiger partial charge in [0, 0.05) is 7.05 Å². The molecule has 0 saturated heterocycles. The number of aliphatic hydroxyl groups excluding tert-OH is 1. The number of rotatable bonds is 5. The normalized spacial score (nSPS) is 10.9. The fourth-order valence-corrected chi connectivity index (χ4v) is 1.71. The molecule has 0 amide bonds. The van der Waals surface area contributed by atoms with E-state index in [1.807, 2.05) is 13.8 Å². The Balaban J connectivity index is 0.00000232. The summed E-state index contributed by atoms with van der Waals surface area (Å²) in [7, 11) is 1.71. The van der Waals surface area contributed by atoms with Crippen molar-refractivity contribution in [2.24, 2.45) is 0 Å². The lowest BCUT2D eigenvalue weighted by Crippen LogP contribution is -2.03. The minimum absolute atomic E-state index is 0.251. The lowest BCUT2D eigenvalue weighted by molar-refractivity contribution is -0.132. The Labute approximate surface area is 136 Å². The smallest absolute Gasteiger partial charge is 0.339 e. The van der Waals surface area contributed by atoms with Crippen LogP contribution in [-0.4, -0.2) is 23.2 Å². The number of hydrogen-bond acceptors (Lipinski definition) is 4. The number of anilines is 1. The Bertz CT molecular complexity index is 680. The first-order chi connectivity index (χ1) is 10.9. The highest BCUT2D eigenvalue weighted by Gasteiger charge is 2.13. The molecule has 1 aromatic carbocycles. The van der Waals surface area contributed by atoms with Crippen LogP contribution in [0.2, 0.25) is 0 Å². The van der Waals surface area contributed by atoms with Crippen molar-refractivity contribution in [3.63, 3.8) is 0 Å². The lowest BCUT2D eigenvalue weighted by atomic mass is 10.0.